The van der Waals surface area contributed by atoms with E-state index in [9.17, 15) is 9.59 Å². The van der Waals surface area contributed by atoms with Gasteiger partial charge in [0.25, 0.3) is 0 Å². The summed E-state index contributed by atoms with van der Waals surface area (Å²) in [6.07, 6.45) is 0.496. The van der Waals surface area contributed by atoms with Crippen LogP contribution in [0.15, 0.2) is 54.6 Å². The van der Waals surface area contributed by atoms with Gasteiger partial charge in [0.05, 0.1) is 5.92 Å². The summed E-state index contributed by atoms with van der Waals surface area (Å²) >= 11 is 0. The number of carbonyl (C=O) groups is 2. The molecular formula is C19H20N2O4. The van der Waals surface area contributed by atoms with Crippen LogP contribution in [0.25, 0.3) is 0 Å². The molecule has 2 N–H and O–H groups in total. The molecule has 0 saturated carbocycles. The number of carboxylic acids is 1. The standard InChI is InChI=1S/C19H20N2O4/c22-18(23)15-10-11-21(13-15)19(24)20-12-14-6-4-5-9-17(14)25-16-7-2-1-3-8-16/h1-9,15H,10-13H2,(H,20,24)(H,22,23). The Hall–Kier alpha value is -3.02. The Morgan fingerprint density at radius 2 is 1.84 bits per heavy atom. The summed E-state index contributed by atoms with van der Waals surface area (Å²) in [6.45, 7) is 1.03. The molecule has 1 aliphatic rings. The van der Waals surface area contributed by atoms with Crippen LogP contribution in [0, 0.1) is 5.92 Å². The molecule has 1 unspecified atom stereocenters. The summed E-state index contributed by atoms with van der Waals surface area (Å²) in [5.41, 5.74) is 0.855. The second-order valence-electron chi connectivity index (χ2n) is 5.95. The van der Waals surface area contributed by atoms with E-state index in [0.29, 0.717) is 25.3 Å². The van der Waals surface area contributed by atoms with Crippen molar-refractivity contribution in [3.05, 3.63) is 60.2 Å². The van der Waals surface area contributed by atoms with E-state index in [1.54, 1.807) is 4.90 Å². The van der Waals surface area contributed by atoms with E-state index >= 15 is 0 Å². The van der Waals surface area contributed by atoms with Gasteiger partial charge >= 0.3 is 12.0 Å². The maximum absolute atomic E-state index is 12.2. The van der Waals surface area contributed by atoms with Crippen molar-refractivity contribution in [1.29, 1.82) is 0 Å². The van der Waals surface area contributed by atoms with E-state index in [0.717, 1.165) is 11.3 Å². The van der Waals surface area contributed by atoms with Gasteiger partial charge in [-0.2, -0.15) is 0 Å². The molecule has 0 aromatic heterocycles. The first-order chi connectivity index (χ1) is 12.1. The van der Waals surface area contributed by atoms with Gasteiger partial charge in [-0.15, -0.1) is 0 Å². The van der Waals surface area contributed by atoms with Crippen LogP contribution in [0.5, 0.6) is 11.5 Å². The van der Waals surface area contributed by atoms with Gasteiger partial charge in [-0.1, -0.05) is 36.4 Å². The Morgan fingerprint density at radius 1 is 1.12 bits per heavy atom. The number of nitrogens with one attached hydrogen (secondary N) is 1. The van der Waals surface area contributed by atoms with Crippen LogP contribution in [0.3, 0.4) is 0 Å². The SMILES string of the molecule is O=C(O)C1CCN(C(=O)NCc2ccccc2Oc2ccccc2)C1. The number of hydrogen-bond acceptors (Lipinski definition) is 3. The summed E-state index contributed by atoms with van der Waals surface area (Å²) in [5.74, 6) is 0.0836. The molecule has 0 spiro atoms. The van der Waals surface area contributed by atoms with E-state index in [1.165, 1.54) is 0 Å². The Bertz CT molecular complexity index is 748. The minimum absolute atomic E-state index is 0.252. The molecule has 2 aromatic rings. The van der Waals surface area contributed by atoms with Crippen molar-refractivity contribution >= 4 is 12.0 Å². The van der Waals surface area contributed by atoms with Crippen molar-refractivity contribution in [2.24, 2.45) is 5.92 Å². The predicted molar refractivity (Wildman–Crippen MR) is 92.5 cm³/mol. The molecule has 1 saturated heterocycles. The maximum atomic E-state index is 12.2. The van der Waals surface area contributed by atoms with Crippen molar-refractivity contribution in [3.63, 3.8) is 0 Å². The number of likely N-dealkylation sites (tertiary alicyclic amines) is 1. The Balaban J connectivity index is 1.60. The topological polar surface area (TPSA) is 78.9 Å². The van der Waals surface area contributed by atoms with Gasteiger partial charge in [0.15, 0.2) is 0 Å². The van der Waals surface area contributed by atoms with Crippen molar-refractivity contribution < 1.29 is 19.4 Å². The van der Waals surface area contributed by atoms with Gasteiger partial charge in [0.2, 0.25) is 0 Å². The Morgan fingerprint density at radius 3 is 2.56 bits per heavy atom. The molecular weight excluding hydrogens is 320 g/mol. The third-order valence-corrected chi connectivity index (χ3v) is 4.20. The normalized spacial score (nSPS) is 16.5. The average molecular weight is 340 g/mol. The second kappa shape index (κ2) is 7.70. The summed E-state index contributed by atoms with van der Waals surface area (Å²) in [5, 5.41) is 11.9. The molecule has 0 radical (unpaired) electrons. The van der Waals surface area contributed by atoms with E-state index in [1.807, 2.05) is 54.6 Å². The summed E-state index contributed by atoms with van der Waals surface area (Å²) in [6, 6.07) is 16.7. The number of nitrogens with zero attached hydrogens (tertiary/aromatic N) is 1. The Labute approximate surface area is 146 Å². The van der Waals surface area contributed by atoms with E-state index in [4.69, 9.17) is 9.84 Å². The van der Waals surface area contributed by atoms with E-state index in [2.05, 4.69) is 5.32 Å². The lowest BCUT2D eigenvalue weighted by Crippen LogP contribution is -2.38. The zero-order valence-electron chi connectivity index (χ0n) is 13.7. The lowest BCUT2D eigenvalue weighted by atomic mass is 10.1. The molecule has 6 heteroatoms. The Kier molecular flexibility index (Phi) is 5.18. The molecule has 6 nitrogen and oxygen atoms in total. The van der Waals surface area contributed by atoms with Crippen LogP contribution in [0.2, 0.25) is 0 Å². The molecule has 1 aliphatic heterocycles. The molecule has 1 heterocycles. The number of rotatable bonds is 5. The monoisotopic (exact) mass is 340 g/mol. The number of hydrogen-bond donors (Lipinski definition) is 2. The number of para-hydroxylation sites is 2. The third kappa shape index (κ3) is 4.29. The molecule has 3 rings (SSSR count). The molecule has 2 amide bonds. The van der Waals surface area contributed by atoms with Crippen molar-refractivity contribution in [2.45, 2.75) is 13.0 Å². The fraction of sp³-hybridized carbons (Fsp3) is 0.263. The smallest absolute Gasteiger partial charge is 0.317 e. The van der Waals surface area contributed by atoms with Gasteiger partial charge in [-0.25, -0.2) is 4.79 Å². The molecule has 2 aromatic carbocycles. The highest BCUT2D eigenvalue weighted by Crippen LogP contribution is 2.25. The summed E-state index contributed by atoms with van der Waals surface area (Å²) < 4.78 is 5.87. The minimum Gasteiger partial charge on any atom is -0.481 e. The van der Waals surface area contributed by atoms with Gasteiger partial charge in [-0.05, 0) is 24.6 Å². The quantitative estimate of drug-likeness (QED) is 0.877. The number of aliphatic carboxylic acids is 1. The number of carboxylic acid groups (broad SMARTS) is 1. The number of carbonyl (C=O) groups excluding carboxylic acids is 1. The third-order valence-electron chi connectivity index (χ3n) is 4.20. The first-order valence-electron chi connectivity index (χ1n) is 8.20. The highest BCUT2D eigenvalue weighted by atomic mass is 16.5. The predicted octanol–water partition coefficient (Wildman–Crippen LogP) is 3.10. The summed E-state index contributed by atoms with van der Waals surface area (Å²) in [7, 11) is 0. The second-order valence-corrected chi connectivity index (χ2v) is 5.95. The van der Waals surface area contributed by atoms with Gasteiger partial charge < -0.3 is 20.1 Å². The maximum Gasteiger partial charge on any atom is 0.317 e. The first kappa shape index (κ1) is 16.8. The van der Waals surface area contributed by atoms with E-state index < -0.39 is 11.9 Å². The van der Waals surface area contributed by atoms with Crippen LogP contribution in [0.1, 0.15) is 12.0 Å². The average Bonchev–Trinajstić information content (AvgIpc) is 3.12. The largest absolute Gasteiger partial charge is 0.481 e. The van der Waals surface area contributed by atoms with Crippen LogP contribution < -0.4 is 10.1 Å². The summed E-state index contributed by atoms with van der Waals surface area (Å²) in [4.78, 5) is 24.8. The first-order valence-corrected chi connectivity index (χ1v) is 8.20. The zero-order valence-corrected chi connectivity index (χ0v) is 13.7. The number of urea groups is 1. The molecule has 0 aliphatic carbocycles. The number of ether oxygens (including phenoxy) is 1. The zero-order chi connectivity index (χ0) is 17.6. The van der Waals surface area contributed by atoms with Crippen LogP contribution in [-0.2, 0) is 11.3 Å². The van der Waals surface area contributed by atoms with Crippen LogP contribution >= 0.6 is 0 Å². The lowest BCUT2D eigenvalue weighted by Gasteiger charge is -2.18. The number of benzene rings is 2. The molecule has 1 fully saturated rings. The lowest BCUT2D eigenvalue weighted by molar-refractivity contribution is -0.141. The van der Waals surface area contributed by atoms with Crippen molar-refractivity contribution in [3.8, 4) is 11.5 Å². The fourth-order valence-corrected chi connectivity index (χ4v) is 2.79. The van der Waals surface area contributed by atoms with Gasteiger partial charge in [0.1, 0.15) is 11.5 Å². The number of amides is 2. The highest BCUT2D eigenvalue weighted by molar-refractivity contribution is 5.77. The van der Waals surface area contributed by atoms with Crippen LogP contribution in [-0.4, -0.2) is 35.1 Å². The molecule has 1 atom stereocenters. The molecule has 25 heavy (non-hydrogen) atoms. The molecule has 0 bridgehead atoms. The van der Waals surface area contributed by atoms with Gasteiger partial charge in [-0.3, -0.25) is 4.79 Å². The minimum atomic E-state index is -0.850. The highest BCUT2D eigenvalue weighted by Gasteiger charge is 2.30. The van der Waals surface area contributed by atoms with E-state index in [-0.39, 0.29) is 12.6 Å². The fourth-order valence-electron chi connectivity index (χ4n) is 2.79. The van der Waals surface area contributed by atoms with Crippen LogP contribution in [0.4, 0.5) is 4.79 Å². The van der Waals surface area contributed by atoms with Crippen molar-refractivity contribution in [1.82, 2.24) is 10.2 Å². The van der Waals surface area contributed by atoms with Crippen molar-refractivity contribution in [2.75, 3.05) is 13.1 Å². The molecule has 130 valence electrons. The van der Waals surface area contributed by atoms with Gasteiger partial charge in [0, 0.05) is 25.2 Å².